The first-order chi connectivity index (χ1) is 10.9. The van der Waals surface area contributed by atoms with Crippen LogP contribution in [0, 0.1) is 0 Å². The molecule has 23 heavy (non-hydrogen) atoms. The van der Waals surface area contributed by atoms with Gasteiger partial charge in [-0.3, -0.25) is 4.79 Å². The molecule has 1 aliphatic heterocycles. The third-order valence-corrected chi connectivity index (χ3v) is 5.63. The summed E-state index contributed by atoms with van der Waals surface area (Å²) in [6.45, 7) is 5.19. The van der Waals surface area contributed by atoms with Crippen molar-refractivity contribution in [3.8, 4) is 0 Å². The first-order valence-corrected chi connectivity index (χ1v) is 9.35. The van der Waals surface area contributed by atoms with Crippen LogP contribution in [0.1, 0.15) is 38.7 Å². The fourth-order valence-electron chi connectivity index (χ4n) is 2.57. The Bertz CT molecular complexity index is 686. The molecule has 1 aromatic carbocycles. The lowest BCUT2D eigenvalue weighted by atomic mass is 10.2. The molecule has 0 radical (unpaired) electrons. The molecule has 1 N–H and O–H groups in total. The van der Waals surface area contributed by atoms with Gasteiger partial charge in [0, 0.05) is 25.7 Å². The van der Waals surface area contributed by atoms with E-state index >= 15 is 0 Å². The molecule has 1 fully saturated rings. The molecule has 126 valence electrons. The van der Waals surface area contributed by atoms with Crippen LogP contribution in [0.2, 0.25) is 0 Å². The maximum Gasteiger partial charge on any atom is 0.244 e. The Balaban J connectivity index is 2.10. The predicted octanol–water partition coefficient (Wildman–Crippen LogP) is 2.44. The summed E-state index contributed by atoms with van der Waals surface area (Å²) in [5.74, 6) is -0.172. The van der Waals surface area contributed by atoms with Gasteiger partial charge in [0.05, 0.1) is 4.90 Å². The molecule has 5 nitrogen and oxygen atoms in total. The first-order valence-electron chi connectivity index (χ1n) is 7.91. The van der Waals surface area contributed by atoms with Gasteiger partial charge in [-0.15, -0.1) is 0 Å². The average Bonchev–Trinajstić information content (AvgIpc) is 2.53. The summed E-state index contributed by atoms with van der Waals surface area (Å²) in [5.41, 5.74) is 1.70. The molecule has 0 spiro atoms. The van der Waals surface area contributed by atoms with Gasteiger partial charge in [0.25, 0.3) is 0 Å². The lowest BCUT2D eigenvalue weighted by molar-refractivity contribution is -0.116. The van der Waals surface area contributed by atoms with E-state index in [1.54, 1.807) is 22.5 Å². The van der Waals surface area contributed by atoms with E-state index in [0.29, 0.717) is 24.5 Å². The lowest BCUT2D eigenvalue weighted by Gasteiger charge is -2.26. The molecule has 0 saturated carbocycles. The van der Waals surface area contributed by atoms with Crippen molar-refractivity contribution in [1.82, 2.24) is 9.62 Å². The third kappa shape index (κ3) is 4.91. The molecular weight excluding hydrogens is 312 g/mol. The van der Waals surface area contributed by atoms with Gasteiger partial charge in [-0.25, -0.2) is 8.42 Å². The van der Waals surface area contributed by atoms with Crippen LogP contribution in [-0.2, 0) is 21.4 Å². The Kier molecular flexibility index (Phi) is 5.96. The van der Waals surface area contributed by atoms with Crippen molar-refractivity contribution in [2.75, 3.05) is 13.1 Å². The Morgan fingerprint density at radius 1 is 1.22 bits per heavy atom. The summed E-state index contributed by atoms with van der Waals surface area (Å²) >= 11 is 0. The molecule has 0 aromatic heterocycles. The number of carbonyl (C=O) groups excluding carboxylic acids is 1. The molecule has 1 saturated heterocycles. The molecule has 1 aromatic rings. The minimum absolute atomic E-state index is 0.172. The van der Waals surface area contributed by atoms with Gasteiger partial charge in [-0.05, 0) is 44.4 Å². The number of piperidine rings is 1. The van der Waals surface area contributed by atoms with E-state index in [-0.39, 0.29) is 5.91 Å². The number of benzene rings is 1. The van der Waals surface area contributed by atoms with Crippen molar-refractivity contribution < 1.29 is 13.2 Å². The van der Waals surface area contributed by atoms with Gasteiger partial charge < -0.3 is 5.32 Å². The van der Waals surface area contributed by atoms with E-state index in [9.17, 15) is 13.2 Å². The van der Waals surface area contributed by atoms with Crippen LogP contribution in [0.4, 0.5) is 0 Å². The average molecular weight is 336 g/mol. The normalized spacial score (nSPS) is 15.9. The smallest absolute Gasteiger partial charge is 0.244 e. The summed E-state index contributed by atoms with van der Waals surface area (Å²) in [4.78, 5) is 11.9. The second-order valence-corrected chi connectivity index (χ2v) is 7.99. The zero-order chi connectivity index (χ0) is 16.9. The molecule has 6 heteroatoms. The maximum absolute atomic E-state index is 12.7. The van der Waals surface area contributed by atoms with Crippen LogP contribution < -0.4 is 5.32 Å². The summed E-state index contributed by atoms with van der Waals surface area (Å²) < 4.78 is 26.9. The van der Waals surface area contributed by atoms with Crippen molar-refractivity contribution in [2.45, 2.75) is 44.6 Å². The molecular formula is C17H24N2O3S. The molecule has 0 aliphatic carbocycles. The number of sulfonamides is 1. The quantitative estimate of drug-likeness (QED) is 0.840. The Labute approximate surface area is 138 Å². The topological polar surface area (TPSA) is 66.5 Å². The number of allylic oxidation sites excluding steroid dienone is 1. The van der Waals surface area contributed by atoms with E-state index in [1.165, 1.54) is 6.08 Å². The fraction of sp³-hybridized carbons (Fsp3) is 0.471. The minimum atomic E-state index is -3.43. The number of nitrogens with one attached hydrogen (secondary N) is 1. The number of hydrogen-bond acceptors (Lipinski definition) is 3. The van der Waals surface area contributed by atoms with E-state index in [0.717, 1.165) is 30.4 Å². The van der Waals surface area contributed by atoms with Crippen molar-refractivity contribution >= 4 is 15.9 Å². The van der Waals surface area contributed by atoms with Gasteiger partial charge in [-0.2, -0.15) is 4.31 Å². The lowest BCUT2D eigenvalue weighted by Crippen LogP contribution is -2.35. The highest BCUT2D eigenvalue weighted by molar-refractivity contribution is 7.89. The van der Waals surface area contributed by atoms with Crippen LogP contribution in [-0.4, -0.2) is 31.7 Å². The highest BCUT2D eigenvalue weighted by atomic mass is 32.2. The van der Waals surface area contributed by atoms with Gasteiger partial charge in [0.1, 0.15) is 0 Å². The number of rotatable bonds is 5. The minimum Gasteiger partial charge on any atom is -0.348 e. The largest absolute Gasteiger partial charge is 0.348 e. The first kappa shape index (κ1) is 17.7. The molecule has 1 heterocycles. The molecule has 0 bridgehead atoms. The monoisotopic (exact) mass is 336 g/mol. The summed E-state index contributed by atoms with van der Waals surface area (Å²) in [6.07, 6.45) is 4.44. The molecule has 0 atom stereocenters. The number of hydrogen-bond donors (Lipinski definition) is 1. The molecule has 1 amide bonds. The Morgan fingerprint density at radius 3 is 2.57 bits per heavy atom. The Morgan fingerprint density at radius 2 is 1.91 bits per heavy atom. The van der Waals surface area contributed by atoms with E-state index in [2.05, 4.69) is 5.32 Å². The summed E-state index contributed by atoms with van der Waals surface area (Å²) in [5, 5.41) is 2.76. The van der Waals surface area contributed by atoms with Gasteiger partial charge in [0.2, 0.25) is 15.9 Å². The summed E-state index contributed by atoms with van der Waals surface area (Å²) in [7, 11) is -3.43. The van der Waals surface area contributed by atoms with Crippen LogP contribution in [0.3, 0.4) is 0 Å². The van der Waals surface area contributed by atoms with E-state index in [4.69, 9.17) is 0 Å². The predicted molar refractivity (Wildman–Crippen MR) is 90.3 cm³/mol. The van der Waals surface area contributed by atoms with Gasteiger partial charge in [-0.1, -0.05) is 24.1 Å². The van der Waals surface area contributed by atoms with Gasteiger partial charge in [0.15, 0.2) is 0 Å². The maximum atomic E-state index is 12.7. The van der Waals surface area contributed by atoms with E-state index < -0.39 is 10.0 Å². The zero-order valence-corrected chi connectivity index (χ0v) is 14.5. The molecule has 1 aliphatic rings. The van der Waals surface area contributed by atoms with Crippen LogP contribution in [0.5, 0.6) is 0 Å². The van der Waals surface area contributed by atoms with Crippen molar-refractivity contribution in [3.05, 3.63) is 41.5 Å². The number of nitrogens with zero attached hydrogens (tertiary/aromatic N) is 1. The van der Waals surface area contributed by atoms with Crippen molar-refractivity contribution in [2.24, 2.45) is 0 Å². The molecule has 0 unspecified atom stereocenters. The highest BCUT2D eigenvalue weighted by Crippen LogP contribution is 2.21. The highest BCUT2D eigenvalue weighted by Gasteiger charge is 2.25. The van der Waals surface area contributed by atoms with Crippen molar-refractivity contribution in [1.29, 1.82) is 0 Å². The second kappa shape index (κ2) is 7.75. The molecule has 2 rings (SSSR count). The standard InChI is InChI=1S/C17H24N2O3S/c1-14(2)11-17(20)18-13-15-7-6-8-16(12-15)23(21,22)19-9-4-3-5-10-19/h6-8,11-12H,3-5,9-10,13H2,1-2H3,(H,18,20). The zero-order valence-electron chi connectivity index (χ0n) is 13.7. The van der Waals surface area contributed by atoms with Crippen LogP contribution in [0.25, 0.3) is 0 Å². The number of amides is 1. The van der Waals surface area contributed by atoms with Crippen LogP contribution in [0.15, 0.2) is 40.8 Å². The summed E-state index contributed by atoms with van der Waals surface area (Å²) in [6, 6.07) is 6.80. The Hall–Kier alpha value is -1.66. The second-order valence-electron chi connectivity index (χ2n) is 6.05. The number of carbonyl (C=O) groups is 1. The fourth-order valence-corrected chi connectivity index (χ4v) is 4.16. The van der Waals surface area contributed by atoms with Gasteiger partial charge >= 0.3 is 0 Å². The third-order valence-electron chi connectivity index (χ3n) is 3.74. The van der Waals surface area contributed by atoms with Crippen molar-refractivity contribution in [3.63, 3.8) is 0 Å². The van der Waals surface area contributed by atoms with Crippen LogP contribution >= 0.6 is 0 Å². The SMILES string of the molecule is CC(C)=CC(=O)NCc1cccc(S(=O)(=O)N2CCCCC2)c1. The van der Waals surface area contributed by atoms with E-state index in [1.807, 2.05) is 19.9 Å².